The van der Waals surface area contributed by atoms with E-state index in [9.17, 15) is 13.2 Å². The van der Waals surface area contributed by atoms with Crippen molar-refractivity contribution in [2.24, 2.45) is 5.14 Å². The Morgan fingerprint density at radius 2 is 1.67 bits per heavy atom. The van der Waals surface area contributed by atoms with Crippen molar-refractivity contribution in [3.8, 4) is 0 Å². The average molecular weight is 442 g/mol. The third-order valence-electron chi connectivity index (χ3n) is 2.92. The maximum absolute atomic E-state index is 12.1. The molecular formula is C12H16ClN5O7S2. The van der Waals surface area contributed by atoms with Crippen molar-refractivity contribution in [3.05, 3.63) is 29.1 Å². The second-order valence-electron chi connectivity index (χ2n) is 5.25. The van der Waals surface area contributed by atoms with Crippen molar-refractivity contribution < 1.29 is 46.7 Å². The van der Waals surface area contributed by atoms with E-state index in [4.69, 9.17) is 23.8 Å². The summed E-state index contributed by atoms with van der Waals surface area (Å²) >= 11 is 0.713. The zero-order valence-corrected chi connectivity index (χ0v) is 16.7. The van der Waals surface area contributed by atoms with Gasteiger partial charge in [0.05, 0.1) is 0 Å². The Balaban J connectivity index is 0.000000646. The van der Waals surface area contributed by atoms with Crippen LogP contribution in [-0.2, 0) is 21.4 Å². The number of aromatic nitrogens is 3. The summed E-state index contributed by atoms with van der Waals surface area (Å²) in [5, 5.41) is 14.6. The van der Waals surface area contributed by atoms with E-state index in [1.807, 2.05) is 37.5 Å². The molecule has 0 bridgehead atoms. The Bertz CT molecular complexity index is 897. The number of carbonyl (C=O) groups excluding carboxylic acids is 1. The van der Waals surface area contributed by atoms with Crippen LogP contribution in [0.25, 0.3) is 0 Å². The molecule has 2 rings (SSSR count). The van der Waals surface area contributed by atoms with Crippen LogP contribution < -0.4 is 33.7 Å². The van der Waals surface area contributed by atoms with E-state index in [0.29, 0.717) is 11.3 Å². The van der Waals surface area contributed by atoms with E-state index in [-0.39, 0.29) is 21.9 Å². The number of nitrogens with zero attached hydrogens (tertiary/aromatic N) is 3. The molecule has 0 fully saturated rings. The molecule has 3 N–H and O–H groups in total. The highest BCUT2D eigenvalue weighted by molar-refractivity contribution is 7.91. The molecule has 0 saturated heterocycles. The van der Waals surface area contributed by atoms with Crippen LogP contribution in [0.3, 0.4) is 0 Å². The van der Waals surface area contributed by atoms with Gasteiger partial charge in [-0.3, -0.25) is 10.1 Å². The minimum Gasteiger partial charge on any atom is -0.295 e. The number of sulfonamides is 1. The predicted octanol–water partition coefficient (Wildman–Crippen LogP) is -4.72. The van der Waals surface area contributed by atoms with Crippen LogP contribution in [0.4, 0.5) is 5.13 Å². The minimum absolute atomic E-state index is 0.0945. The maximum atomic E-state index is 12.1. The van der Waals surface area contributed by atoms with Crippen LogP contribution in [0.2, 0.25) is 0 Å². The highest BCUT2D eigenvalue weighted by Gasteiger charge is 2.20. The monoisotopic (exact) mass is 441 g/mol. The summed E-state index contributed by atoms with van der Waals surface area (Å²) in [7, 11) is -8.85. The van der Waals surface area contributed by atoms with Gasteiger partial charge in [-0.2, -0.15) is 4.57 Å². The van der Waals surface area contributed by atoms with E-state index in [2.05, 4.69) is 15.5 Å². The number of nitrogens with one attached hydrogen (secondary N) is 1. The number of hydrogen-bond donors (Lipinski definition) is 2. The van der Waals surface area contributed by atoms with E-state index >= 15 is 0 Å². The van der Waals surface area contributed by atoms with Gasteiger partial charge >= 0.3 is 0 Å². The molecule has 27 heavy (non-hydrogen) atoms. The van der Waals surface area contributed by atoms with Gasteiger partial charge in [0.2, 0.25) is 16.0 Å². The second kappa shape index (κ2) is 8.94. The van der Waals surface area contributed by atoms with Crippen molar-refractivity contribution >= 4 is 32.4 Å². The Morgan fingerprint density at radius 3 is 2.07 bits per heavy atom. The van der Waals surface area contributed by atoms with Gasteiger partial charge in [-0.25, -0.2) is 32.2 Å². The van der Waals surface area contributed by atoms with Gasteiger partial charge in [0, 0.05) is 26.0 Å². The first-order chi connectivity index (χ1) is 12.2. The number of anilines is 1. The quantitative estimate of drug-likeness (QED) is 0.344. The maximum Gasteiger partial charge on any atom is 0.292 e. The minimum atomic E-state index is -4.94. The number of aryl methyl sites for hydroxylation is 3. The third-order valence-corrected chi connectivity index (χ3v) is 5.07. The first-order valence-corrected chi connectivity index (χ1v) is 10.5. The van der Waals surface area contributed by atoms with Crippen LogP contribution in [0.15, 0.2) is 16.5 Å². The highest BCUT2D eigenvalue weighted by Crippen LogP contribution is 2.18. The molecule has 2 heterocycles. The molecule has 150 valence electrons. The number of hydrogen-bond acceptors (Lipinski definition) is 10. The fourth-order valence-corrected chi connectivity index (χ4v) is 3.41. The molecule has 0 saturated carbocycles. The molecule has 2 aromatic rings. The lowest BCUT2D eigenvalue weighted by atomic mass is 10.2. The molecule has 2 aromatic heterocycles. The van der Waals surface area contributed by atoms with E-state index in [1.54, 1.807) is 0 Å². The van der Waals surface area contributed by atoms with Gasteiger partial charge < -0.3 is 0 Å². The highest BCUT2D eigenvalue weighted by atomic mass is 35.7. The normalized spacial score (nSPS) is 11.6. The number of amides is 1. The van der Waals surface area contributed by atoms with Gasteiger partial charge in [-0.05, 0) is 12.5 Å². The van der Waals surface area contributed by atoms with E-state index < -0.39 is 20.3 Å². The van der Waals surface area contributed by atoms with Gasteiger partial charge in [0.1, 0.15) is 0 Å². The molecule has 12 nitrogen and oxygen atoms in total. The first-order valence-electron chi connectivity index (χ1n) is 6.92. The molecular weight excluding hydrogens is 426 g/mol. The molecule has 0 aliphatic carbocycles. The molecule has 0 aliphatic heterocycles. The predicted molar refractivity (Wildman–Crippen MR) is 80.8 cm³/mol. The number of halogens is 1. The summed E-state index contributed by atoms with van der Waals surface area (Å²) < 4.78 is 57.7. The summed E-state index contributed by atoms with van der Waals surface area (Å²) in [5.74, 6) is -0.322. The van der Waals surface area contributed by atoms with Crippen molar-refractivity contribution in [2.45, 2.75) is 31.7 Å². The van der Waals surface area contributed by atoms with Crippen LogP contribution in [0.1, 0.15) is 17.0 Å². The largest absolute Gasteiger partial charge is 0.295 e. The summed E-state index contributed by atoms with van der Waals surface area (Å²) in [6.45, 7) is 5.91. The van der Waals surface area contributed by atoms with Gasteiger partial charge in [-0.1, -0.05) is 11.3 Å². The molecule has 0 spiro atoms. The molecule has 0 radical (unpaired) electrons. The Labute approximate surface area is 160 Å². The lowest BCUT2D eigenvalue weighted by Crippen LogP contribution is -2.68. The third kappa shape index (κ3) is 8.63. The van der Waals surface area contributed by atoms with Crippen LogP contribution in [-0.4, -0.2) is 24.5 Å². The average Bonchev–Trinajstić information content (AvgIpc) is 2.89. The van der Waals surface area contributed by atoms with E-state index in [1.165, 1.54) is 0 Å². The smallest absolute Gasteiger partial charge is 0.292 e. The number of nitrogens with two attached hydrogens (primary N) is 1. The molecule has 0 unspecified atom stereocenters. The van der Waals surface area contributed by atoms with Gasteiger partial charge in [0.25, 0.3) is 15.9 Å². The lowest BCUT2D eigenvalue weighted by Gasteiger charge is -2.17. The van der Waals surface area contributed by atoms with Crippen molar-refractivity contribution in [1.29, 1.82) is 0 Å². The fourth-order valence-electron chi connectivity index (χ4n) is 2.06. The zero-order chi connectivity index (χ0) is 21.0. The molecule has 0 atom stereocenters. The molecule has 1 amide bonds. The van der Waals surface area contributed by atoms with Gasteiger partial charge in [-0.15, -0.1) is 20.4 Å². The van der Waals surface area contributed by atoms with Crippen molar-refractivity contribution in [1.82, 2.24) is 10.2 Å². The Hall–Kier alpha value is -1.78. The molecule has 0 aliphatic rings. The summed E-state index contributed by atoms with van der Waals surface area (Å²) in [6.07, 6.45) is 0. The van der Waals surface area contributed by atoms with Crippen LogP contribution >= 0.6 is 11.3 Å². The summed E-state index contributed by atoms with van der Waals surface area (Å²) in [5.41, 5.74) is 3.03. The molecule has 0 aromatic carbocycles. The second-order valence-corrected chi connectivity index (χ2v) is 8.71. The SMILES string of the molecule is Cc1cc(C)[n+](CC(=O)Nc2nnc(S(N)(=O)=O)s2)c(C)c1.[O-][Cl+3]([O-])([O-])[O-]. The first kappa shape index (κ1) is 23.3. The number of carbonyl (C=O) groups is 1. The standard InChI is InChI=1S/C12H15N5O3S2.ClHO4/c1-7-4-8(2)17(9(3)5-7)6-10(18)14-11-15-16-12(21-11)22(13,19)20;2-1(3,4)5/h4-5H,6H2,1-3H3,(H2-,13,14,15,18,19,20);(H,2,3,4,5). The lowest BCUT2D eigenvalue weighted by molar-refractivity contribution is -2.00. The fraction of sp³-hybridized carbons (Fsp3) is 0.333. The van der Waals surface area contributed by atoms with Crippen molar-refractivity contribution in [2.75, 3.05) is 5.32 Å². The Morgan fingerprint density at radius 1 is 1.19 bits per heavy atom. The Kier molecular flexibility index (Phi) is 7.70. The van der Waals surface area contributed by atoms with Crippen molar-refractivity contribution in [3.63, 3.8) is 0 Å². The molecule has 15 heteroatoms. The topological polar surface area (TPSA) is 211 Å². The summed E-state index contributed by atoms with van der Waals surface area (Å²) in [6, 6.07) is 3.95. The van der Waals surface area contributed by atoms with Crippen LogP contribution in [0.5, 0.6) is 0 Å². The van der Waals surface area contributed by atoms with Crippen LogP contribution in [0, 0.1) is 31.0 Å². The number of primary sulfonamides is 1. The zero-order valence-electron chi connectivity index (χ0n) is 14.3. The number of rotatable bonds is 4. The van der Waals surface area contributed by atoms with E-state index in [0.717, 1.165) is 17.0 Å². The van der Waals surface area contributed by atoms with Gasteiger partial charge in [0.15, 0.2) is 11.4 Å². The number of pyridine rings is 1. The summed E-state index contributed by atoms with van der Waals surface area (Å²) in [4.78, 5) is 12.1.